The van der Waals surface area contributed by atoms with E-state index in [-0.39, 0.29) is 5.97 Å². The fraction of sp³-hybridized carbons (Fsp3) is 0.923. The Morgan fingerprint density at radius 2 is 1.89 bits per heavy atom. The van der Waals surface area contributed by atoms with Crippen molar-refractivity contribution in [3.05, 3.63) is 0 Å². The monoisotopic (exact) mass is 257 g/mol. The summed E-state index contributed by atoms with van der Waals surface area (Å²) in [6, 6.07) is 0.141. The fourth-order valence-electron chi connectivity index (χ4n) is 2.19. The number of hydrogen-bond acceptors (Lipinski definition) is 5. The summed E-state index contributed by atoms with van der Waals surface area (Å²) in [7, 11) is 0. The molecule has 1 heterocycles. The standard InChI is InChI=1S/C13H27N3O2/c1-4-18-13(17)12(14)5-6-15-7-9-16(10-8-15)11(2)3/h11-12H,4-10,14H2,1-3H3. The first-order valence-electron chi connectivity index (χ1n) is 6.93. The molecule has 0 radical (unpaired) electrons. The molecular formula is C13H27N3O2. The maximum atomic E-state index is 11.4. The van der Waals surface area contributed by atoms with Crippen molar-refractivity contribution in [2.45, 2.75) is 39.3 Å². The highest BCUT2D eigenvalue weighted by Gasteiger charge is 2.20. The highest BCUT2D eigenvalue weighted by Crippen LogP contribution is 2.06. The van der Waals surface area contributed by atoms with Gasteiger partial charge >= 0.3 is 5.97 Å². The van der Waals surface area contributed by atoms with Gasteiger partial charge in [-0.2, -0.15) is 0 Å². The van der Waals surface area contributed by atoms with Gasteiger partial charge in [-0.25, -0.2) is 0 Å². The Bertz CT molecular complexity index is 251. The third-order valence-electron chi connectivity index (χ3n) is 3.48. The highest BCUT2D eigenvalue weighted by atomic mass is 16.5. The molecule has 1 rings (SSSR count). The van der Waals surface area contributed by atoms with Gasteiger partial charge in [-0.3, -0.25) is 9.69 Å². The molecule has 5 nitrogen and oxygen atoms in total. The lowest BCUT2D eigenvalue weighted by Gasteiger charge is -2.37. The molecule has 0 aromatic carbocycles. The molecule has 1 aliphatic heterocycles. The first-order valence-corrected chi connectivity index (χ1v) is 6.93. The van der Waals surface area contributed by atoms with Gasteiger partial charge in [0.15, 0.2) is 0 Å². The number of hydrogen-bond donors (Lipinski definition) is 1. The second-order valence-corrected chi connectivity index (χ2v) is 5.12. The van der Waals surface area contributed by atoms with Crippen LogP contribution in [0, 0.1) is 0 Å². The van der Waals surface area contributed by atoms with Gasteiger partial charge in [0.1, 0.15) is 6.04 Å². The van der Waals surface area contributed by atoms with Crippen LogP contribution in [-0.4, -0.2) is 67.2 Å². The van der Waals surface area contributed by atoms with Crippen LogP contribution in [-0.2, 0) is 9.53 Å². The average Bonchev–Trinajstić information content (AvgIpc) is 2.36. The smallest absolute Gasteiger partial charge is 0.322 e. The Morgan fingerprint density at radius 1 is 1.28 bits per heavy atom. The molecule has 2 N–H and O–H groups in total. The van der Waals surface area contributed by atoms with E-state index in [1.807, 2.05) is 0 Å². The van der Waals surface area contributed by atoms with Gasteiger partial charge in [-0.1, -0.05) is 0 Å². The van der Waals surface area contributed by atoms with E-state index in [0.717, 1.165) is 32.7 Å². The van der Waals surface area contributed by atoms with Gasteiger partial charge in [-0.05, 0) is 27.2 Å². The molecule has 0 aromatic heterocycles. The van der Waals surface area contributed by atoms with Crippen LogP contribution in [0.2, 0.25) is 0 Å². The summed E-state index contributed by atoms with van der Waals surface area (Å²) in [5.41, 5.74) is 5.78. The molecule has 0 aromatic rings. The van der Waals surface area contributed by atoms with E-state index in [1.54, 1.807) is 6.92 Å². The zero-order valence-corrected chi connectivity index (χ0v) is 11.9. The second-order valence-electron chi connectivity index (χ2n) is 5.12. The largest absolute Gasteiger partial charge is 0.465 e. The molecule has 0 amide bonds. The normalized spacial score (nSPS) is 20.1. The van der Waals surface area contributed by atoms with Crippen molar-refractivity contribution in [1.29, 1.82) is 0 Å². The number of carbonyl (C=O) groups is 1. The number of ether oxygens (including phenoxy) is 1. The van der Waals surface area contributed by atoms with Crippen LogP contribution in [0.15, 0.2) is 0 Å². The molecular weight excluding hydrogens is 230 g/mol. The van der Waals surface area contributed by atoms with Crippen LogP contribution in [0.25, 0.3) is 0 Å². The van der Waals surface area contributed by atoms with Crippen molar-refractivity contribution in [3.63, 3.8) is 0 Å². The number of nitrogens with zero attached hydrogens (tertiary/aromatic N) is 2. The number of carbonyl (C=O) groups excluding carboxylic acids is 1. The van der Waals surface area contributed by atoms with Crippen molar-refractivity contribution in [2.75, 3.05) is 39.3 Å². The van der Waals surface area contributed by atoms with E-state index in [0.29, 0.717) is 19.1 Å². The molecule has 0 aliphatic carbocycles. The lowest BCUT2D eigenvalue weighted by atomic mass is 10.2. The van der Waals surface area contributed by atoms with Crippen molar-refractivity contribution in [2.24, 2.45) is 5.73 Å². The zero-order valence-electron chi connectivity index (χ0n) is 11.9. The van der Waals surface area contributed by atoms with E-state index in [1.165, 1.54) is 0 Å². The van der Waals surface area contributed by atoms with Crippen molar-refractivity contribution >= 4 is 5.97 Å². The summed E-state index contributed by atoms with van der Waals surface area (Å²) in [4.78, 5) is 16.2. The van der Waals surface area contributed by atoms with Gasteiger partial charge in [0.2, 0.25) is 0 Å². The van der Waals surface area contributed by atoms with Crippen molar-refractivity contribution in [1.82, 2.24) is 9.80 Å². The molecule has 1 atom stereocenters. The maximum absolute atomic E-state index is 11.4. The second kappa shape index (κ2) is 7.71. The molecule has 1 fully saturated rings. The number of rotatable bonds is 6. The average molecular weight is 257 g/mol. The van der Waals surface area contributed by atoms with E-state index in [9.17, 15) is 4.79 Å². The van der Waals surface area contributed by atoms with Crippen LogP contribution in [0.1, 0.15) is 27.2 Å². The summed E-state index contributed by atoms with van der Waals surface area (Å²) < 4.78 is 4.90. The molecule has 1 unspecified atom stereocenters. The molecule has 1 saturated heterocycles. The predicted octanol–water partition coefficient (Wildman–Crippen LogP) is 0.293. The Morgan fingerprint density at radius 3 is 2.39 bits per heavy atom. The fourth-order valence-corrected chi connectivity index (χ4v) is 2.19. The van der Waals surface area contributed by atoms with Crippen molar-refractivity contribution < 1.29 is 9.53 Å². The number of esters is 1. The van der Waals surface area contributed by atoms with Gasteiger partial charge in [0.05, 0.1) is 6.61 Å². The third-order valence-corrected chi connectivity index (χ3v) is 3.48. The molecule has 0 saturated carbocycles. The van der Waals surface area contributed by atoms with E-state index in [4.69, 9.17) is 10.5 Å². The molecule has 1 aliphatic rings. The van der Waals surface area contributed by atoms with Crippen LogP contribution in [0.4, 0.5) is 0 Å². The number of piperazine rings is 1. The zero-order chi connectivity index (χ0) is 13.5. The third kappa shape index (κ3) is 4.92. The molecule has 5 heteroatoms. The summed E-state index contributed by atoms with van der Waals surface area (Å²) in [6.07, 6.45) is 0.681. The Hall–Kier alpha value is -0.650. The molecule has 106 valence electrons. The van der Waals surface area contributed by atoms with Gasteiger partial charge in [-0.15, -0.1) is 0 Å². The maximum Gasteiger partial charge on any atom is 0.322 e. The molecule has 0 bridgehead atoms. The Labute approximate surface area is 110 Å². The van der Waals surface area contributed by atoms with Crippen LogP contribution >= 0.6 is 0 Å². The van der Waals surface area contributed by atoms with E-state index < -0.39 is 6.04 Å². The Balaban J connectivity index is 2.19. The summed E-state index contributed by atoms with van der Waals surface area (Å²) in [5, 5.41) is 0. The minimum atomic E-state index is -0.479. The Kier molecular flexibility index (Phi) is 6.60. The van der Waals surface area contributed by atoms with Crippen molar-refractivity contribution in [3.8, 4) is 0 Å². The van der Waals surface area contributed by atoms with Crippen LogP contribution in [0.5, 0.6) is 0 Å². The number of nitrogens with two attached hydrogens (primary N) is 1. The minimum absolute atomic E-state index is 0.279. The molecule has 18 heavy (non-hydrogen) atoms. The first-order chi connectivity index (χ1) is 8.54. The highest BCUT2D eigenvalue weighted by molar-refractivity contribution is 5.75. The summed E-state index contributed by atoms with van der Waals surface area (Å²) >= 11 is 0. The quantitative estimate of drug-likeness (QED) is 0.693. The van der Waals surface area contributed by atoms with E-state index in [2.05, 4.69) is 23.6 Å². The summed E-state index contributed by atoms with van der Waals surface area (Å²) in [6.45, 7) is 11.9. The minimum Gasteiger partial charge on any atom is -0.465 e. The van der Waals surface area contributed by atoms with Gasteiger partial charge in [0.25, 0.3) is 0 Å². The van der Waals surface area contributed by atoms with Crippen LogP contribution in [0.3, 0.4) is 0 Å². The topological polar surface area (TPSA) is 58.8 Å². The molecule has 0 spiro atoms. The first kappa shape index (κ1) is 15.4. The van der Waals surface area contributed by atoms with Crippen LogP contribution < -0.4 is 5.73 Å². The van der Waals surface area contributed by atoms with E-state index >= 15 is 0 Å². The predicted molar refractivity (Wildman–Crippen MR) is 72.4 cm³/mol. The van der Waals surface area contributed by atoms with Gasteiger partial charge in [0, 0.05) is 38.8 Å². The lowest BCUT2D eigenvalue weighted by molar-refractivity contribution is -0.144. The lowest BCUT2D eigenvalue weighted by Crippen LogP contribution is -2.49. The SMILES string of the molecule is CCOC(=O)C(N)CCN1CCN(C(C)C)CC1. The van der Waals surface area contributed by atoms with Gasteiger partial charge < -0.3 is 15.4 Å². The summed E-state index contributed by atoms with van der Waals surface area (Å²) in [5.74, 6) is -0.279.